The molecular weight excluding hydrogens is 352 g/mol. The highest BCUT2D eigenvalue weighted by atomic mass is 16.6. The van der Waals surface area contributed by atoms with E-state index in [2.05, 4.69) is 6.58 Å². The highest BCUT2D eigenvalue weighted by Crippen LogP contribution is 2.20. The summed E-state index contributed by atoms with van der Waals surface area (Å²) in [5.41, 5.74) is 1.93. The third-order valence-corrected chi connectivity index (χ3v) is 4.28. The quantitative estimate of drug-likeness (QED) is 0.398. The number of hydrogen-bond acceptors (Lipinski definition) is 4. The van der Waals surface area contributed by atoms with Crippen LogP contribution in [-0.4, -0.2) is 24.1 Å². The molecule has 0 spiro atoms. The largest absolute Gasteiger partial charge is 0.459 e. The zero-order valence-electron chi connectivity index (χ0n) is 16.6. The van der Waals surface area contributed by atoms with Crippen molar-refractivity contribution in [1.82, 2.24) is 0 Å². The predicted octanol–water partition coefficient (Wildman–Crippen LogP) is 5.59. The van der Waals surface area contributed by atoms with E-state index in [4.69, 9.17) is 9.47 Å². The molecular formula is C24H28O4. The number of benzene rings is 2. The van der Waals surface area contributed by atoms with Gasteiger partial charge in [-0.2, -0.15) is 0 Å². The average molecular weight is 380 g/mol. The first-order valence-electron chi connectivity index (χ1n) is 9.66. The Kier molecular flexibility index (Phi) is 8.47. The smallest absolute Gasteiger partial charge is 0.338 e. The molecule has 0 aliphatic rings. The maximum absolute atomic E-state index is 12.5. The molecule has 4 nitrogen and oxygen atoms in total. The summed E-state index contributed by atoms with van der Waals surface area (Å²) in [4.78, 5) is 24.9. The average Bonchev–Trinajstić information content (AvgIpc) is 2.69. The monoisotopic (exact) mass is 380 g/mol. The van der Waals surface area contributed by atoms with Crippen LogP contribution in [0.15, 0.2) is 72.8 Å². The Bertz CT molecular complexity index is 768. The minimum Gasteiger partial charge on any atom is -0.459 e. The fourth-order valence-corrected chi connectivity index (χ4v) is 2.99. The van der Waals surface area contributed by atoms with Crippen LogP contribution in [0.5, 0.6) is 0 Å². The van der Waals surface area contributed by atoms with Gasteiger partial charge in [-0.05, 0) is 37.6 Å². The van der Waals surface area contributed by atoms with Gasteiger partial charge in [0.1, 0.15) is 12.2 Å². The van der Waals surface area contributed by atoms with E-state index >= 15 is 0 Å². The van der Waals surface area contributed by atoms with Gasteiger partial charge in [-0.1, -0.05) is 55.3 Å². The van der Waals surface area contributed by atoms with Crippen molar-refractivity contribution in [2.45, 2.75) is 51.7 Å². The summed E-state index contributed by atoms with van der Waals surface area (Å²) in [6.07, 6.45) is 1.81. The number of hydrogen-bond donors (Lipinski definition) is 0. The van der Waals surface area contributed by atoms with E-state index in [0.717, 1.165) is 12.0 Å². The van der Waals surface area contributed by atoms with E-state index in [-0.39, 0.29) is 18.0 Å². The van der Waals surface area contributed by atoms with E-state index in [1.165, 1.54) is 0 Å². The van der Waals surface area contributed by atoms with Crippen LogP contribution >= 0.6 is 0 Å². The second kappa shape index (κ2) is 11.1. The van der Waals surface area contributed by atoms with Crippen molar-refractivity contribution in [3.63, 3.8) is 0 Å². The Morgan fingerprint density at radius 2 is 1.32 bits per heavy atom. The topological polar surface area (TPSA) is 52.6 Å². The van der Waals surface area contributed by atoms with Gasteiger partial charge in [0.2, 0.25) is 0 Å². The van der Waals surface area contributed by atoms with Crippen LogP contribution in [0.4, 0.5) is 0 Å². The lowest BCUT2D eigenvalue weighted by molar-refractivity contribution is -0.00205. The first-order valence-corrected chi connectivity index (χ1v) is 9.66. The van der Waals surface area contributed by atoms with Crippen LogP contribution in [0.25, 0.3) is 0 Å². The highest BCUT2D eigenvalue weighted by Gasteiger charge is 2.24. The molecule has 28 heavy (non-hydrogen) atoms. The number of rotatable bonds is 10. The molecule has 2 aromatic rings. The van der Waals surface area contributed by atoms with Crippen molar-refractivity contribution >= 4 is 11.9 Å². The van der Waals surface area contributed by atoms with Crippen LogP contribution < -0.4 is 0 Å². The van der Waals surface area contributed by atoms with Gasteiger partial charge in [0, 0.05) is 12.8 Å². The summed E-state index contributed by atoms with van der Waals surface area (Å²) in [7, 11) is 0. The molecule has 0 fully saturated rings. The number of ether oxygens (including phenoxy) is 2. The molecule has 0 saturated heterocycles. The Balaban J connectivity index is 2.06. The van der Waals surface area contributed by atoms with E-state index < -0.39 is 6.10 Å². The molecule has 0 aliphatic carbocycles. The second-order valence-electron chi connectivity index (χ2n) is 6.97. The van der Waals surface area contributed by atoms with Crippen molar-refractivity contribution in [2.24, 2.45) is 0 Å². The molecule has 2 atom stereocenters. The molecule has 148 valence electrons. The Hall–Kier alpha value is -2.88. The van der Waals surface area contributed by atoms with Crippen molar-refractivity contribution in [1.29, 1.82) is 0 Å². The number of esters is 2. The molecule has 0 bridgehead atoms. The van der Waals surface area contributed by atoms with Crippen molar-refractivity contribution in [3.8, 4) is 0 Å². The van der Waals surface area contributed by atoms with Crippen LogP contribution in [-0.2, 0) is 9.47 Å². The lowest BCUT2D eigenvalue weighted by atomic mass is 10.0. The molecule has 0 saturated carbocycles. The molecule has 0 heterocycles. The number of carbonyl (C=O) groups is 2. The van der Waals surface area contributed by atoms with Gasteiger partial charge in [0.15, 0.2) is 0 Å². The maximum atomic E-state index is 12.5. The van der Waals surface area contributed by atoms with Gasteiger partial charge in [-0.15, -0.1) is 6.58 Å². The molecule has 0 amide bonds. The SMILES string of the molecule is C=C(C)CC(CC(CCC)OC(=O)c1ccccc1)OC(=O)c1ccccc1. The molecule has 0 radical (unpaired) electrons. The Morgan fingerprint density at radius 3 is 1.75 bits per heavy atom. The van der Waals surface area contributed by atoms with Crippen molar-refractivity contribution < 1.29 is 19.1 Å². The van der Waals surface area contributed by atoms with Crippen LogP contribution in [0.1, 0.15) is 60.2 Å². The zero-order chi connectivity index (χ0) is 20.4. The lowest BCUT2D eigenvalue weighted by Gasteiger charge is -2.24. The van der Waals surface area contributed by atoms with Crippen molar-refractivity contribution in [3.05, 3.63) is 83.9 Å². The van der Waals surface area contributed by atoms with Gasteiger partial charge in [-0.3, -0.25) is 0 Å². The van der Waals surface area contributed by atoms with Crippen LogP contribution in [0.2, 0.25) is 0 Å². The van der Waals surface area contributed by atoms with Gasteiger partial charge >= 0.3 is 11.9 Å². The molecule has 2 rings (SSSR count). The lowest BCUT2D eigenvalue weighted by Crippen LogP contribution is -2.28. The zero-order valence-corrected chi connectivity index (χ0v) is 16.6. The first-order chi connectivity index (χ1) is 13.5. The molecule has 0 aromatic heterocycles. The highest BCUT2D eigenvalue weighted by molar-refractivity contribution is 5.90. The molecule has 4 heteroatoms. The Morgan fingerprint density at radius 1 is 0.857 bits per heavy atom. The Labute approximate surface area is 167 Å². The third-order valence-electron chi connectivity index (χ3n) is 4.28. The molecule has 2 unspecified atom stereocenters. The fourth-order valence-electron chi connectivity index (χ4n) is 2.99. The molecule has 2 aromatic carbocycles. The minimum absolute atomic E-state index is 0.328. The van der Waals surface area contributed by atoms with Crippen LogP contribution in [0.3, 0.4) is 0 Å². The molecule has 0 aliphatic heterocycles. The van der Waals surface area contributed by atoms with Gasteiger partial charge in [0.05, 0.1) is 11.1 Å². The number of carbonyl (C=O) groups excluding carboxylic acids is 2. The standard InChI is InChI=1S/C24H28O4/c1-4-11-21(27-23(25)19-12-7-5-8-13-19)17-22(16-18(2)3)28-24(26)20-14-9-6-10-15-20/h5-10,12-15,21-22H,2,4,11,16-17H2,1,3H3. The maximum Gasteiger partial charge on any atom is 0.338 e. The fraction of sp³-hybridized carbons (Fsp3) is 0.333. The van der Waals surface area contributed by atoms with Gasteiger partial charge in [0.25, 0.3) is 0 Å². The summed E-state index contributed by atoms with van der Waals surface area (Å²) in [5.74, 6) is -0.737. The minimum atomic E-state index is -0.398. The summed E-state index contributed by atoms with van der Waals surface area (Å²) < 4.78 is 11.4. The summed E-state index contributed by atoms with van der Waals surface area (Å²) in [5, 5.41) is 0. The van der Waals surface area contributed by atoms with E-state index in [1.807, 2.05) is 26.0 Å². The van der Waals surface area contributed by atoms with Crippen molar-refractivity contribution in [2.75, 3.05) is 0 Å². The van der Waals surface area contributed by atoms with E-state index in [0.29, 0.717) is 30.4 Å². The normalized spacial score (nSPS) is 12.6. The van der Waals surface area contributed by atoms with Gasteiger partial charge in [-0.25, -0.2) is 9.59 Å². The molecule has 0 N–H and O–H groups in total. The third kappa shape index (κ3) is 7.03. The summed E-state index contributed by atoms with van der Waals surface area (Å²) in [6, 6.07) is 17.8. The first kappa shape index (κ1) is 21.4. The summed E-state index contributed by atoms with van der Waals surface area (Å²) >= 11 is 0. The second-order valence-corrected chi connectivity index (χ2v) is 6.97. The summed E-state index contributed by atoms with van der Waals surface area (Å²) in [6.45, 7) is 7.87. The van der Waals surface area contributed by atoms with E-state index in [1.54, 1.807) is 48.5 Å². The van der Waals surface area contributed by atoms with Crippen LogP contribution in [0, 0.1) is 0 Å². The predicted molar refractivity (Wildman–Crippen MR) is 110 cm³/mol. The van der Waals surface area contributed by atoms with Gasteiger partial charge < -0.3 is 9.47 Å². The van der Waals surface area contributed by atoms with E-state index in [9.17, 15) is 9.59 Å².